The van der Waals surface area contributed by atoms with Crippen molar-refractivity contribution in [1.29, 1.82) is 0 Å². The van der Waals surface area contributed by atoms with Gasteiger partial charge < -0.3 is 34.9 Å². The molecule has 6 rings (SSSR count). The van der Waals surface area contributed by atoms with Gasteiger partial charge in [0.05, 0.1) is 20.5 Å². The summed E-state index contributed by atoms with van der Waals surface area (Å²) < 4.78 is 25.4. The number of hydrogen-bond acceptors (Lipinski definition) is 10. The highest BCUT2D eigenvalue weighted by atomic mass is 16.6. The Bertz CT molecular complexity index is 1680. The summed E-state index contributed by atoms with van der Waals surface area (Å²) in [7, 11) is 3.21. The molecule has 0 spiro atoms. The Kier molecular flexibility index (Phi) is 7.45. The molecule has 43 heavy (non-hydrogen) atoms. The number of fused-ring (bicyclic) bond motifs is 1. The van der Waals surface area contributed by atoms with Crippen LogP contribution in [0.2, 0.25) is 0 Å². The number of anilines is 1. The van der Waals surface area contributed by atoms with Gasteiger partial charge in [-0.2, -0.15) is 0 Å². The van der Waals surface area contributed by atoms with E-state index in [2.05, 4.69) is 21.5 Å². The first kappa shape index (κ1) is 28.2. The van der Waals surface area contributed by atoms with Gasteiger partial charge in [-0.25, -0.2) is 15.0 Å². The van der Waals surface area contributed by atoms with Gasteiger partial charge in [-0.05, 0) is 24.3 Å². The fourth-order valence-corrected chi connectivity index (χ4v) is 5.47. The first-order chi connectivity index (χ1) is 20.9. The molecule has 3 heterocycles. The minimum absolute atomic E-state index is 0.100. The Balaban J connectivity index is 1.43. The largest absolute Gasteiger partial charge is 0.497 e. The number of rotatable bonds is 9. The Labute approximate surface area is 247 Å². The van der Waals surface area contributed by atoms with Crippen LogP contribution in [0, 0.1) is 0 Å². The first-order valence-corrected chi connectivity index (χ1v) is 13.5. The van der Waals surface area contributed by atoms with Crippen LogP contribution in [-0.4, -0.2) is 62.3 Å². The molecule has 3 aromatic carbocycles. The van der Waals surface area contributed by atoms with Gasteiger partial charge in [0.1, 0.15) is 47.4 Å². The van der Waals surface area contributed by atoms with Crippen LogP contribution in [0.15, 0.2) is 104 Å². The maximum Gasteiger partial charge on any atom is 0.184 e. The molecular formula is C32H31N5O6. The average molecular weight is 582 g/mol. The number of hydrogen-bond donors (Lipinski definition) is 3. The summed E-state index contributed by atoms with van der Waals surface area (Å²) in [5.74, 6) is 1.64. The van der Waals surface area contributed by atoms with E-state index < -0.39 is 30.1 Å². The molecule has 5 aromatic rings. The highest BCUT2D eigenvalue weighted by molar-refractivity contribution is 5.81. The lowest BCUT2D eigenvalue weighted by molar-refractivity contribution is -0.0548. The number of nitrogens with two attached hydrogens (primary N) is 1. The quantitative estimate of drug-likeness (QED) is 0.174. The lowest BCUT2D eigenvalue weighted by Crippen LogP contribution is -2.38. The zero-order valence-electron chi connectivity index (χ0n) is 23.6. The molecule has 1 aliphatic rings. The van der Waals surface area contributed by atoms with Crippen molar-refractivity contribution < 1.29 is 29.2 Å². The summed E-state index contributed by atoms with van der Waals surface area (Å²) in [6.07, 6.45) is -2.17. The SMILES string of the molecule is C=C(OC(c1ccccc1)(c1ccc(OC)cc1)c1ccc(OC)cc1)[C@H]1O[C@@H](n2cnc3c(N)ncnc32)[C@H](O)[C@@H]1O. The number of imidazole rings is 1. The van der Waals surface area contributed by atoms with Crippen LogP contribution >= 0.6 is 0 Å². The number of aromatic nitrogens is 4. The van der Waals surface area contributed by atoms with Crippen LogP contribution in [0.25, 0.3) is 11.2 Å². The highest BCUT2D eigenvalue weighted by Crippen LogP contribution is 2.45. The summed E-state index contributed by atoms with van der Waals surface area (Å²) in [4.78, 5) is 12.5. The fraction of sp³-hybridized carbons (Fsp3) is 0.219. The highest BCUT2D eigenvalue weighted by Gasteiger charge is 2.49. The lowest BCUT2D eigenvalue weighted by Gasteiger charge is -2.38. The van der Waals surface area contributed by atoms with Crippen LogP contribution in [-0.2, 0) is 15.1 Å². The molecule has 0 amide bonds. The molecule has 2 aromatic heterocycles. The Morgan fingerprint density at radius 3 is 2.00 bits per heavy atom. The van der Waals surface area contributed by atoms with E-state index >= 15 is 0 Å². The van der Waals surface area contributed by atoms with Gasteiger partial charge in [-0.1, -0.05) is 61.2 Å². The van der Waals surface area contributed by atoms with Crippen LogP contribution in [0.3, 0.4) is 0 Å². The average Bonchev–Trinajstić information content (AvgIpc) is 3.61. The predicted octanol–water partition coefficient (Wildman–Crippen LogP) is 3.57. The van der Waals surface area contributed by atoms with Crippen molar-refractivity contribution in [3.05, 3.63) is 121 Å². The van der Waals surface area contributed by atoms with Crippen molar-refractivity contribution in [2.45, 2.75) is 30.1 Å². The number of ether oxygens (including phenoxy) is 4. The topological polar surface area (TPSA) is 147 Å². The number of aliphatic hydroxyl groups excluding tert-OH is 2. The van der Waals surface area contributed by atoms with Crippen LogP contribution in [0.1, 0.15) is 22.9 Å². The zero-order chi connectivity index (χ0) is 30.1. The summed E-state index contributed by atoms with van der Waals surface area (Å²) in [5.41, 5.74) is 7.74. The van der Waals surface area contributed by atoms with Crippen LogP contribution in [0.5, 0.6) is 11.5 Å². The third-order valence-corrected chi connectivity index (χ3v) is 7.67. The first-order valence-electron chi connectivity index (χ1n) is 13.5. The molecule has 1 fully saturated rings. The van der Waals surface area contributed by atoms with E-state index in [1.165, 1.54) is 17.2 Å². The van der Waals surface area contributed by atoms with E-state index in [1.54, 1.807) is 14.2 Å². The van der Waals surface area contributed by atoms with E-state index in [0.29, 0.717) is 22.7 Å². The van der Waals surface area contributed by atoms with Gasteiger partial charge in [0.25, 0.3) is 0 Å². The smallest absolute Gasteiger partial charge is 0.184 e. The van der Waals surface area contributed by atoms with Gasteiger partial charge in [0, 0.05) is 16.7 Å². The van der Waals surface area contributed by atoms with Crippen molar-refractivity contribution >= 4 is 17.0 Å². The van der Waals surface area contributed by atoms with Crippen molar-refractivity contribution in [1.82, 2.24) is 19.5 Å². The molecule has 4 atom stereocenters. The summed E-state index contributed by atoms with van der Waals surface area (Å²) in [6, 6.07) is 24.7. The number of methoxy groups -OCH3 is 2. The molecule has 11 nitrogen and oxygen atoms in total. The van der Waals surface area contributed by atoms with E-state index in [-0.39, 0.29) is 11.6 Å². The second-order valence-corrected chi connectivity index (χ2v) is 10.1. The molecule has 0 aliphatic carbocycles. The standard InChI is InChI=1S/C32H31N5O6/c1-19(28-26(38)27(39)31(42-28)37-18-36-25-29(33)34-17-35-30(25)37)43-32(20-7-5-4-6-8-20,21-9-13-23(40-2)14-10-21)22-11-15-24(41-3)16-12-22/h4-18,26-28,31,38-39H,1H2,2-3H3,(H2,33,34,35)/t26-,27+,28+,31+/m0/s1. The van der Waals surface area contributed by atoms with Gasteiger partial charge >= 0.3 is 0 Å². The number of nitrogen functional groups attached to an aromatic ring is 1. The minimum Gasteiger partial charge on any atom is -0.497 e. The number of benzene rings is 3. The van der Waals surface area contributed by atoms with Crippen LogP contribution in [0.4, 0.5) is 5.82 Å². The van der Waals surface area contributed by atoms with Gasteiger partial charge in [-0.3, -0.25) is 4.57 Å². The van der Waals surface area contributed by atoms with E-state index in [4.69, 9.17) is 24.7 Å². The number of aliphatic hydroxyl groups is 2. The van der Waals surface area contributed by atoms with Crippen molar-refractivity contribution in [2.75, 3.05) is 20.0 Å². The minimum atomic E-state index is -1.38. The molecular weight excluding hydrogens is 550 g/mol. The Morgan fingerprint density at radius 1 is 0.837 bits per heavy atom. The summed E-state index contributed by atoms with van der Waals surface area (Å²) in [5, 5.41) is 22.3. The van der Waals surface area contributed by atoms with Crippen LogP contribution < -0.4 is 15.2 Å². The van der Waals surface area contributed by atoms with Crippen molar-refractivity contribution in [3.8, 4) is 11.5 Å². The van der Waals surface area contributed by atoms with E-state index in [1.807, 2.05) is 78.9 Å². The monoisotopic (exact) mass is 581 g/mol. The number of nitrogens with zero attached hydrogens (tertiary/aromatic N) is 4. The summed E-state index contributed by atoms with van der Waals surface area (Å²) in [6.45, 7) is 4.20. The third kappa shape index (κ3) is 4.83. The Morgan fingerprint density at radius 2 is 1.42 bits per heavy atom. The lowest BCUT2D eigenvalue weighted by atomic mass is 9.79. The normalized spacial score (nSPS) is 20.2. The summed E-state index contributed by atoms with van der Waals surface area (Å²) >= 11 is 0. The van der Waals surface area contributed by atoms with E-state index in [9.17, 15) is 10.2 Å². The maximum atomic E-state index is 11.2. The van der Waals surface area contributed by atoms with Gasteiger partial charge in [0.2, 0.25) is 0 Å². The molecule has 220 valence electrons. The van der Waals surface area contributed by atoms with Crippen molar-refractivity contribution in [3.63, 3.8) is 0 Å². The van der Waals surface area contributed by atoms with E-state index in [0.717, 1.165) is 16.7 Å². The molecule has 0 unspecified atom stereocenters. The molecule has 1 aliphatic heterocycles. The second-order valence-electron chi connectivity index (χ2n) is 10.1. The maximum absolute atomic E-state index is 11.2. The molecule has 1 saturated heterocycles. The third-order valence-electron chi connectivity index (χ3n) is 7.67. The second kappa shape index (κ2) is 11.4. The molecule has 0 radical (unpaired) electrons. The molecule has 11 heteroatoms. The molecule has 0 bridgehead atoms. The predicted molar refractivity (Wildman–Crippen MR) is 158 cm³/mol. The van der Waals surface area contributed by atoms with Crippen molar-refractivity contribution in [2.24, 2.45) is 0 Å². The van der Waals surface area contributed by atoms with Gasteiger partial charge in [0.15, 0.2) is 23.3 Å². The fourth-order valence-electron chi connectivity index (χ4n) is 5.47. The zero-order valence-corrected chi connectivity index (χ0v) is 23.6. The Hall–Kier alpha value is -4.97. The molecule has 4 N–H and O–H groups in total. The molecule has 0 saturated carbocycles. The van der Waals surface area contributed by atoms with Gasteiger partial charge in [-0.15, -0.1) is 0 Å².